The Hall–Kier alpha value is -2.69. The minimum atomic E-state index is -0.242. The number of anilines is 1. The van der Waals surface area contributed by atoms with E-state index in [1.54, 1.807) is 18.3 Å². The molecule has 4 nitrogen and oxygen atoms in total. The van der Waals surface area contributed by atoms with Gasteiger partial charge >= 0.3 is 0 Å². The Morgan fingerprint density at radius 1 is 1.09 bits per heavy atom. The standard InChI is InChI=1S/C17H15FN4/c18-14-6-4-12(5-7-14)16-15(13-3-1-8-19-11-13)17-20-9-2-10-22(17)21-16/h1,3-8,11,20H,2,9-10H2. The van der Waals surface area contributed by atoms with Gasteiger partial charge in [0.1, 0.15) is 17.3 Å². The molecule has 0 saturated heterocycles. The fraction of sp³-hybridized carbons (Fsp3) is 0.176. The first-order valence-corrected chi connectivity index (χ1v) is 7.34. The van der Waals surface area contributed by atoms with Gasteiger partial charge in [-0.3, -0.25) is 4.98 Å². The summed E-state index contributed by atoms with van der Waals surface area (Å²) < 4.78 is 15.2. The second-order valence-electron chi connectivity index (χ2n) is 5.32. The van der Waals surface area contributed by atoms with Crippen LogP contribution < -0.4 is 5.32 Å². The maximum Gasteiger partial charge on any atom is 0.132 e. The summed E-state index contributed by atoms with van der Waals surface area (Å²) in [6.45, 7) is 1.82. The Morgan fingerprint density at radius 2 is 1.95 bits per heavy atom. The van der Waals surface area contributed by atoms with Crippen LogP contribution in [0, 0.1) is 5.82 Å². The highest BCUT2D eigenvalue weighted by Gasteiger charge is 2.22. The lowest BCUT2D eigenvalue weighted by Gasteiger charge is -2.16. The average molecular weight is 294 g/mol. The predicted molar refractivity (Wildman–Crippen MR) is 84.0 cm³/mol. The molecular formula is C17H15FN4. The third-order valence-electron chi connectivity index (χ3n) is 3.86. The molecule has 0 bridgehead atoms. The molecule has 0 spiro atoms. The van der Waals surface area contributed by atoms with Crippen LogP contribution in [0.15, 0.2) is 48.8 Å². The highest BCUT2D eigenvalue weighted by molar-refractivity contribution is 5.88. The van der Waals surface area contributed by atoms with E-state index in [9.17, 15) is 4.39 Å². The van der Waals surface area contributed by atoms with Crippen molar-refractivity contribution in [2.24, 2.45) is 0 Å². The lowest BCUT2D eigenvalue weighted by molar-refractivity contribution is 0.569. The van der Waals surface area contributed by atoms with Crippen molar-refractivity contribution in [1.29, 1.82) is 0 Å². The summed E-state index contributed by atoms with van der Waals surface area (Å²) >= 11 is 0. The van der Waals surface area contributed by atoms with Crippen molar-refractivity contribution in [2.75, 3.05) is 11.9 Å². The van der Waals surface area contributed by atoms with Crippen molar-refractivity contribution in [3.63, 3.8) is 0 Å². The second kappa shape index (κ2) is 5.26. The SMILES string of the molecule is Fc1ccc(-c2nn3c(c2-c2cccnc2)NCCC3)cc1. The van der Waals surface area contributed by atoms with Crippen molar-refractivity contribution in [3.05, 3.63) is 54.6 Å². The molecule has 1 N–H and O–H groups in total. The zero-order valence-electron chi connectivity index (χ0n) is 12.0. The Labute approximate surface area is 127 Å². The first-order valence-electron chi connectivity index (χ1n) is 7.34. The van der Waals surface area contributed by atoms with E-state index in [0.29, 0.717) is 0 Å². The molecular weight excluding hydrogens is 279 g/mol. The topological polar surface area (TPSA) is 42.7 Å². The van der Waals surface area contributed by atoms with Gasteiger partial charge in [-0.15, -0.1) is 0 Å². The largest absolute Gasteiger partial charge is 0.370 e. The van der Waals surface area contributed by atoms with Gasteiger partial charge in [0.25, 0.3) is 0 Å². The zero-order chi connectivity index (χ0) is 14.9. The predicted octanol–water partition coefficient (Wildman–Crippen LogP) is 3.57. The smallest absolute Gasteiger partial charge is 0.132 e. The van der Waals surface area contributed by atoms with Crippen LogP contribution >= 0.6 is 0 Å². The molecule has 0 atom stereocenters. The van der Waals surface area contributed by atoms with Crippen molar-refractivity contribution >= 4 is 5.82 Å². The van der Waals surface area contributed by atoms with Crippen LogP contribution in [0.1, 0.15) is 6.42 Å². The first kappa shape index (κ1) is 13.0. The summed E-state index contributed by atoms with van der Waals surface area (Å²) in [5.41, 5.74) is 3.80. The van der Waals surface area contributed by atoms with Gasteiger partial charge in [-0.1, -0.05) is 6.07 Å². The van der Waals surface area contributed by atoms with E-state index in [0.717, 1.165) is 47.7 Å². The molecule has 1 aliphatic rings. The molecule has 0 fully saturated rings. The molecule has 110 valence electrons. The van der Waals surface area contributed by atoms with Gasteiger partial charge in [0.15, 0.2) is 0 Å². The summed E-state index contributed by atoms with van der Waals surface area (Å²) in [6, 6.07) is 10.4. The van der Waals surface area contributed by atoms with Crippen LogP contribution in [0.3, 0.4) is 0 Å². The summed E-state index contributed by atoms with van der Waals surface area (Å²) in [4.78, 5) is 4.21. The quantitative estimate of drug-likeness (QED) is 0.785. The Kier molecular flexibility index (Phi) is 3.11. The van der Waals surface area contributed by atoms with E-state index >= 15 is 0 Å². The summed E-state index contributed by atoms with van der Waals surface area (Å²) in [6.07, 6.45) is 4.63. The van der Waals surface area contributed by atoms with E-state index in [1.807, 2.05) is 23.0 Å². The number of hydrogen-bond donors (Lipinski definition) is 1. The molecule has 4 rings (SSSR count). The number of nitrogens with zero attached hydrogens (tertiary/aromatic N) is 3. The highest BCUT2D eigenvalue weighted by atomic mass is 19.1. The number of benzene rings is 1. The Balaban J connectivity index is 1.94. The third kappa shape index (κ3) is 2.15. The van der Waals surface area contributed by atoms with E-state index in [2.05, 4.69) is 10.3 Å². The Bertz CT molecular complexity index is 794. The maximum atomic E-state index is 13.2. The maximum absolute atomic E-state index is 13.2. The van der Waals surface area contributed by atoms with Gasteiger partial charge in [-0.25, -0.2) is 9.07 Å². The molecule has 1 aromatic carbocycles. The summed E-state index contributed by atoms with van der Waals surface area (Å²) in [7, 11) is 0. The van der Waals surface area contributed by atoms with Crippen LogP contribution in [-0.2, 0) is 6.54 Å². The van der Waals surface area contributed by atoms with Crippen LogP contribution in [0.4, 0.5) is 10.2 Å². The molecule has 3 heterocycles. The molecule has 5 heteroatoms. The number of aromatic nitrogens is 3. The zero-order valence-corrected chi connectivity index (χ0v) is 12.0. The minimum Gasteiger partial charge on any atom is -0.370 e. The van der Waals surface area contributed by atoms with Crippen LogP contribution in [0.2, 0.25) is 0 Å². The average Bonchev–Trinajstić information content (AvgIpc) is 2.96. The Morgan fingerprint density at radius 3 is 2.73 bits per heavy atom. The summed E-state index contributed by atoms with van der Waals surface area (Å²) in [5, 5.41) is 8.16. The summed E-state index contributed by atoms with van der Waals surface area (Å²) in [5.74, 6) is 0.771. The van der Waals surface area contributed by atoms with Crippen LogP contribution in [0.25, 0.3) is 22.4 Å². The molecule has 0 unspecified atom stereocenters. The fourth-order valence-electron chi connectivity index (χ4n) is 2.83. The molecule has 0 saturated carbocycles. The molecule has 22 heavy (non-hydrogen) atoms. The lowest BCUT2D eigenvalue weighted by atomic mass is 10.0. The molecule has 1 aliphatic heterocycles. The monoisotopic (exact) mass is 294 g/mol. The fourth-order valence-corrected chi connectivity index (χ4v) is 2.83. The number of nitrogens with one attached hydrogen (secondary N) is 1. The molecule has 0 radical (unpaired) electrons. The second-order valence-corrected chi connectivity index (χ2v) is 5.32. The number of halogens is 1. The van der Waals surface area contributed by atoms with E-state index < -0.39 is 0 Å². The van der Waals surface area contributed by atoms with Crippen molar-refractivity contribution in [3.8, 4) is 22.4 Å². The van der Waals surface area contributed by atoms with E-state index in [1.165, 1.54) is 12.1 Å². The number of rotatable bonds is 2. The van der Waals surface area contributed by atoms with Gasteiger partial charge in [0.2, 0.25) is 0 Å². The molecule has 0 amide bonds. The normalized spacial score (nSPS) is 13.5. The van der Waals surface area contributed by atoms with Gasteiger partial charge in [-0.05, 0) is 36.8 Å². The van der Waals surface area contributed by atoms with E-state index in [-0.39, 0.29) is 5.82 Å². The van der Waals surface area contributed by atoms with Crippen molar-refractivity contribution in [2.45, 2.75) is 13.0 Å². The number of fused-ring (bicyclic) bond motifs is 1. The van der Waals surface area contributed by atoms with Crippen molar-refractivity contribution < 1.29 is 4.39 Å². The van der Waals surface area contributed by atoms with Crippen LogP contribution in [-0.4, -0.2) is 21.3 Å². The van der Waals surface area contributed by atoms with Gasteiger partial charge < -0.3 is 5.32 Å². The number of pyridine rings is 1. The first-order chi connectivity index (χ1) is 10.8. The highest BCUT2D eigenvalue weighted by Crippen LogP contribution is 2.38. The van der Waals surface area contributed by atoms with Crippen molar-refractivity contribution in [1.82, 2.24) is 14.8 Å². The number of aryl methyl sites for hydroxylation is 1. The third-order valence-corrected chi connectivity index (χ3v) is 3.86. The van der Waals surface area contributed by atoms with Gasteiger partial charge in [0.05, 0.1) is 5.56 Å². The van der Waals surface area contributed by atoms with Gasteiger partial charge in [-0.2, -0.15) is 5.10 Å². The minimum absolute atomic E-state index is 0.242. The lowest BCUT2D eigenvalue weighted by Crippen LogP contribution is -2.17. The number of hydrogen-bond acceptors (Lipinski definition) is 3. The van der Waals surface area contributed by atoms with Gasteiger partial charge in [0, 0.05) is 36.6 Å². The molecule has 3 aromatic rings. The van der Waals surface area contributed by atoms with Crippen LogP contribution in [0.5, 0.6) is 0 Å². The van der Waals surface area contributed by atoms with E-state index in [4.69, 9.17) is 5.10 Å². The molecule has 0 aliphatic carbocycles. The molecule has 2 aromatic heterocycles.